The molecule has 214 valence electrons. The molecular formula is C30H36N8O3. The standard InChI is InChI=1S/C30H36N8O3/c1-34-7-10-38-22(17-34)13-27(33-38)32-21-11-20(15-35(2)16-21)23-14-31-29(40)28(24(23)18-39)37-9-8-36-25-6-4-3-5-19(25)12-26(36)30(37)41/h11-15,39H,3-10,16-18H2,1-2H3,(H,31,40)(H,32,33). The van der Waals surface area contributed by atoms with E-state index in [0.717, 1.165) is 62.4 Å². The summed E-state index contributed by atoms with van der Waals surface area (Å²) in [7, 11) is 4.09. The Labute approximate surface area is 238 Å². The van der Waals surface area contributed by atoms with Crippen LogP contribution in [0.25, 0.3) is 5.57 Å². The molecule has 11 nitrogen and oxygen atoms in total. The molecule has 3 aromatic rings. The number of aromatic amines is 1. The molecular weight excluding hydrogens is 520 g/mol. The lowest BCUT2D eigenvalue weighted by molar-refractivity contribution is 0.0964. The molecule has 0 saturated heterocycles. The summed E-state index contributed by atoms with van der Waals surface area (Å²) in [5.41, 5.74) is 7.07. The van der Waals surface area contributed by atoms with Gasteiger partial charge in [-0.05, 0) is 50.4 Å². The Bertz CT molecular complexity index is 1660. The Morgan fingerprint density at radius 3 is 2.76 bits per heavy atom. The summed E-state index contributed by atoms with van der Waals surface area (Å²) in [6.07, 6.45) is 9.91. The second kappa shape index (κ2) is 10.1. The molecule has 4 aliphatic rings. The number of H-pyrrole nitrogens is 1. The normalized spacial score (nSPS) is 19.0. The SMILES string of the molecule is CN1C=C(c2c[nH]c(=O)c(N3CCn4c(cc5c4CCCC5)C3=O)c2CO)C=C(Nc2cc3n(n2)CCN(C)C3)C1. The number of rotatable bonds is 5. The molecule has 0 atom stereocenters. The van der Waals surface area contributed by atoms with Crippen molar-refractivity contribution in [1.29, 1.82) is 0 Å². The number of likely N-dealkylation sites (N-methyl/N-ethyl adjacent to an activating group) is 2. The predicted octanol–water partition coefficient (Wildman–Crippen LogP) is 2.13. The lowest BCUT2D eigenvalue weighted by Gasteiger charge is -2.31. The smallest absolute Gasteiger partial charge is 0.275 e. The van der Waals surface area contributed by atoms with Crippen LogP contribution in [-0.2, 0) is 39.1 Å². The van der Waals surface area contributed by atoms with Crippen molar-refractivity contribution in [3.05, 3.63) is 80.4 Å². The van der Waals surface area contributed by atoms with E-state index in [1.807, 2.05) is 30.1 Å². The molecule has 7 rings (SSSR count). The summed E-state index contributed by atoms with van der Waals surface area (Å²) >= 11 is 0. The summed E-state index contributed by atoms with van der Waals surface area (Å²) in [4.78, 5) is 35.7. The molecule has 3 N–H and O–H groups in total. The molecule has 41 heavy (non-hydrogen) atoms. The first-order chi connectivity index (χ1) is 19.9. The number of hydrogen-bond acceptors (Lipinski definition) is 7. The van der Waals surface area contributed by atoms with Crippen molar-refractivity contribution in [1.82, 2.24) is 29.1 Å². The number of aryl methyl sites for hydroxylation is 1. The maximum absolute atomic E-state index is 13.8. The first kappa shape index (κ1) is 25.8. The number of carbonyl (C=O) groups is 1. The quantitative estimate of drug-likeness (QED) is 0.441. The van der Waals surface area contributed by atoms with E-state index in [0.29, 0.717) is 36.5 Å². The largest absolute Gasteiger partial charge is 0.392 e. The molecule has 3 aromatic heterocycles. The highest BCUT2D eigenvalue weighted by molar-refractivity contribution is 6.06. The third-order valence-electron chi connectivity index (χ3n) is 8.72. The van der Waals surface area contributed by atoms with Crippen molar-refractivity contribution in [2.75, 3.05) is 43.9 Å². The van der Waals surface area contributed by atoms with Crippen LogP contribution in [-0.4, -0.2) is 73.9 Å². The minimum Gasteiger partial charge on any atom is -0.392 e. The first-order valence-corrected chi connectivity index (χ1v) is 14.4. The van der Waals surface area contributed by atoms with Gasteiger partial charge in [-0.3, -0.25) is 19.2 Å². The molecule has 0 saturated carbocycles. The number of anilines is 2. The molecule has 0 unspecified atom stereocenters. The Balaban J connectivity index is 1.22. The number of amides is 1. The monoisotopic (exact) mass is 556 g/mol. The van der Waals surface area contributed by atoms with Crippen LogP contribution >= 0.6 is 0 Å². The van der Waals surface area contributed by atoms with Crippen LogP contribution in [0.4, 0.5) is 11.5 Å². The van der Waals surface area contributed by atoms with E-state index in [1.165, 1.54) is 17.0 Å². The number of aliphatic hydroxyl groups is 1. The van der Waals surface area contributed by atoms with E-state index < -0.39 is 0 Å². The summed E-state index contributed by atoms with van der Waals surface area (Å²) in [6.45, 7) is 4.00. The van der Waals surface area contributed by atoms with Crippen molar-refractivity contribution in [3.8, 4) is 0 Å². The number of fused-ring (bicyclic) bond motifs is 4. The lowest BCUT2D eigenvalue weighted by atomic mass is 9.98. The Kier molecular flexibility index (Phi) is 6.35. The van der Waals surface area contributed by atoms with Crippen LogP contribution in [0.5, 0.6) is 0 Å². The number of nitrogens with one attached hydrogen (secondary N) is 2. The zero-order valence-corrected chi connectivity index (χ0v) is 23.6. The average molecular weight is 557 g/mol. The van der Waals surface area contributed by atoms with E-state index in [9.17, 15) is 14.7 Å². The van der Waals surface area contributed by atoms with Crippen LogP contribution in [0.2, 0.25) is 0 Å². The van der Waals surface area contributed by atoms with Crippen LogP contribution in [0.3, 0.4) is 0 Å². The summed E-state index contributed by atoms with van der Waals surface area (Å²) in [5.74, 6) is 0.607. The van der Waals surface area contributed by atoms with Crippen LogP contribution in [0, 0.1) is 0 Å². The van der Waals surface area contributed by atoms with Crippen molar-refractivity contribution >= 4 is 23.0 Å². The molecule has 11 heteroatoms. The number of nitrogens with zero attached hydrogens (tertiary/aromatic N) is 6. The van der Waals surface area contributed by atoms with E-state index >= 15 is 0 Å². The molecule has 6 heterocycles. The van der Waals surface area contributed by atoms with Crippen molar-refractivity contribution in [3.63, 3.8) is 0 Å². The van der Waals surface area contributed by atoms with Crippen molar-refractivity contribution in [2.45, 2.75) is 51.9 Å². The first-order valence-electron chi connectivity index (χ1n) is 14.4. The third-order valence-corrected chi connectivity index (χ3v) is 8.72. The molecule has 3 aliphatic heterocycles. The zero-order valence-electron chi connectivity index (χ0n) is 23.6. The van der Waals surface area contributed by atoms with E-state index in [4.69, 9.17) is 5.10 Å². The number of hydrogen-bond donors (Lipinski definition) is 3. The Hall–Kier alpha value is -4.09. The highest BCUT2D eigenvalue weighted by atomic mass is 16.3. The molecule has 0 radical (unpaired) electrons. The van der Waals surface area contributed by atoms with Gasteiger partial charge in [0.05, 0.1) is 25.4 Å². The lowest BCUT2D eigenvalue weighted by Crippen LogP contribution is -2.43. The number of aromatic nitrogens is 4. The van der Waals surface area contributed by atoms with Gasteiger partial charge in [0.1, 0.15) is 11.4 Å². The highest BCUT2D eigenvalue weighted by Crippen LogP contribution is 2.33. The fraction of sp³-hybridized carbons (Fsp3) is 0.433. The summed E-state index contributed by atoms with van der Waals surface area (Å²) in [6, 6.07) is 4.09. The van der Waals surface area contributed by atoms with Gasteiger partial charge >= 0.3 is 0 Å². The maximum Gasteiger partial charge on any atom is 0.275 e. The van der Waals surface area contributed by atoms with Gasteiger partial charge in [0, 0.05) is 79.8 Å². The number of aliphatic hydroxyl groups excluding tert-OH is 1. The van der Waals surface area contributed by atoms with Gasteiger partial charge in [0.2, 0.25) is 0 Å². The fourth-order valence-corrected chi connectivity index (χ4v) is 6.78. The maximum atomic E-state index is 13.8. The third kappa shape index (κ3) is 4.49. The van der Waals surface area contributed by atoms with Gasteiger partial charge in [0.25, 0.3) is 11.5 Å². The van der Waals surface area contributed by atoms with E-state index in [2.05, 4.69) is 37.8 Å². The molecule has 0 aromatic carbocycles. The minimum absolute atomic E-state index is 0.190. The van der Waals surface area contributed by atoms with Gasteiger partial charge in [-0.15, -0.1) is 0 Å². The fourth-order valence-electron chi connectivity index (χ4n) is 6.78. The molecule has 0 spiro atoms. The van der Waals surface area contributed by atoms with E-state index in [1.54, 1.807) is 11.1 Å². The molecule has 1 amide bonds. The highest BCUT2D eigenvalue weighted by Gasteiger charge is 2.33. The molecule has 0 fully saturated rings. The Morgan fingerprint density at radius 1 is 1.05 bits per heavy atom. The van der Waals surface area contributed by atoms with Crippen molar-refractivity contribution in [2.24, 2.45) is 0 Å². The molecule has 1 aliphatic carbocycles. The number of carbonyl (C=O) groups excluding carboxylic acids is 1. The van der Waals surface area contributed by atoms with E-state index in [-0.39, 0.29) is 23.8 Å². The van der Waals surface area contributed by atoms with Gasteiger partial charge in [-0.1, -0.05) is 0 Å². The number of allylic oxidation sites excluding steroid dienone is 2. The van der Waals surface area contributed by atoms with Gasteiger partial charge < -0.3 is 29.8 Å². The topological polar surface area (TPSA) is 115 Å². The predicted molar refractivity (Wildman–Crippen MR) is 157 cm³/mol. The average Bonchev–Trinajstić information content (AvgIpc) is 3.54. The second-order valence-corrected chi connectivity index (χ2v) is 11.6. The van der Waals surface area contributed by atoms with Crippen LogP contribution < -0.4 is 15.8 Å². The minimum atomic E-state index is -0.378. The van der Waals surface area contributed by atoms with Gasteiger partial charge in [-0.2, -0.15) is 5.10 Å². The zero-order chi connectivity index (χ0) is 28.2. The van der Waals surface area contributed by atoms with Gasteiger partial charge in [-0.25, -0.2) is 0 Å². The summed E-state index contributed by atoms with van der Waals surface area (Å²) < 4.78 is 4.18. The number of pyridine rings is 1. The Morgan fingerprint density at radius 2 is 1.90 bits per heavy atom. The van der Waals surface area contributed by atoms with Gasteiger partial charge in [0.15, 0.2) is 5.82 Å². The summed E-state index contributed by atoms with van der Waals surface area (Å²) in [5, 5.41) is 18.8. The van der Waals surface area contributed by atoms with Crippen LogP contribution in [0.1, 0.15) is 51.4 Å². The second-order valence-electron chi connectivity index (χ2n) is 11.6. The molecule has 0 bridgehead atoms. The van der Waals surface area contributed by atoms with Crippen molar-refractivity contribution < 1.29 is 9.90 Å². The van der Waals surface area contributed by atoms with Crippen LogP contribution in [0.15, 0.2) is 41.1 Å².